The molecule has 0 fully saturated rings. The highest BCUT2D eigenvalue weighted by atomic mass is 79.9. The summed E-state index contributed by atoms with van der Waals surface area (Å²) in [5, 5.41) is 3.90. The number of nitrogen functional groups attached to an aromatic ring is 1. The number of rotatable bonds is 2. The van der Waals surface area contributed by atoms with Crippen LogP contribution in [0.25, 0.3) is 22.8 Å². The normalized spacial score (nSPS) is 10.7. The van der Waals surface area contributed by atoms with Gasteiger partial charge in [0.15, 0.2) is 0 Å². The second kappa shape index (κ2) is 5.05. The molecular weight excluding hydrogens is 325 g/mol. The average molecular weight is 334 g/mol. The Labute approximate surface area is 122 Å². The molecule has 0 aliphatic rings. The fourth-order valence-corrected chi connectivity index (χ4v) is 2.10. The topological polar surface area (TPSA) is 64.9 Å². The van der Waals surface area contributed by atoms with Gasteiger partial charge in [-0.1, -0.05) is 5.16 Å². The highest BCUT2D eigenvalue weighted by Gasteiger charge is 2.11. The van der Waals surface area contributed by atoms with Crippen LogP contribution in [0.1, 0.15) is 0 Å². The van der Waals surface area contributed by atoms with Gasteiger partial charge in [0.1, 0.15) is 5.82 Å². The van der Waals surface area contributed by atoms with Crippen LogP contribution in [0.5, 0.6) is 0 Å². The minimum Gasteiger partial charge on any atom is -0.399 e. The van der Waals surface area contributed by atoms with Crippen molar-refractivity contribution in [3.8, 4) is 22.8 Å². The number of hydrogen-bond acceptors (Lipinski definition) is 4. The van der Waals surface area contributed by atoms with E-state index in [4.69, 9.17) is 10.3 Å². The number of aromatic nitrogens is 2. The van der Waals surface area contributed by atoms with E-state index in [0.717, 1.165) is 5.56 Å². The van der Waals surface area contributed by atoms with Crippen molar-refractivity contribution in [1.82, 2.24) is 10.1 Å². The van der Waals surface area contributed by atoms with Crippen LogP contribution in [0.2, 0.25) is 0 Å². The number of benzene rings is 2. The van der Waals surface area contributed by atoms with E-state index in [1.807, 2.05) is 0 Å². The average Bonchev–Trinajstić information content (AvgIpc) is 2.92. The quantitative estimate of drug-likeness (QED) is 0.722. The lowest BCUT2D eigenvalue weighted by atomic mass is 10.2. The van der Waals surface area contributed by atoms with Crippen molar-refractivity contribution in [2.45, 2.75) is 0 Å². The van der Waals surface area contributed by atoms with Crippen molar-refractivity contribution in [1.29, 1.82) is 0 Å². The molecule has 1 heterocycles. The van der Waals surface area contributed by atoms with E-state index < -0.39 is 0 Å². The van der Waals surface area contributed by atoms with Crippen molar-refractivity contribution in [3.63, 3.8) is 0 Å². The molecule has 0 saturated heterocycles. The van der Waals surface area contributed by atoms with Crippen LogP contribution in [0.3, 0.4) is 0 Å². The fourth-order valence-electron chi connectivity index (χ4n) is 1.72. The first-order chi connectivity index (χ1) is 9.63. The molecule has 20 heavy (non-hydrogen) atoms. The maximum Gasteiger partial charge on any atom is 0.258 e. The first-order valence-electron chi connectivity index (χ1n) is 5.78. The number of hydrogen-bond donors (Lipinski definition) is 1. The first-order valence-corrected chi connectivity index (χ1v) is 6.58. The van der Waals surface area contributed by atoms with Gasteiger partial charge >= 0.3 is 0 Å². The molecule has 4 nitrogen and oxygen atoms in total. The third-order valence-corrected chi connectivity index (χ3v) is 3.37. The molecular formula is C14H9BrFN3O. The third-order valence-electron chi connectivity index (χ3n) is 2.76. The lowest BCUT2D eigenvalue weighted by molar-refractivity contribution is 0.432. The smallest absolute Gasteiger partial charge is 0.258 e. The van der Waals surface area contributed by atoms with Gasteiger partial charge in [-0.3, -0.25) is 0 Å². The molecule has 0 unspecified atom stereocenters. The van der Waals surface area contributed by atoms with Crippen LogP contribution in [-0.4, -0.2) is 10.1 Å². The molecule has 0 spiro atoms. The van der Waals surface area contributed by atoms with Gasteiger partial charge in [0.2, 0.25) is 5.82 Å². The Bertz CT molecular complexity index is 755. The second-order valence-corrected chi connectivity index (χ2v) is 5.03. The summed E-state index contributed by atoms with van der Waals surface area (Å²) in [6.45, 7) is 0. The Hall–Kier alpha value is -2.21. The van der Waals surface area contributed by atoms with E-state index in [1.165, 1.54) is 6.07 Å². The number of nitrogens with two attached hydrogens (primary N) is 1. The SMILES string of the molecule is Nc1ccc(-c2nc(-c3ccc(F)c(Br)c3)no2)cc1. The van der Waals surface area contributed by atoms with Gasteiger partial charge in [0.25, 0.3) is 5.89 Å². The minimum absolute atomic E-state index is 0.337. The molecule has 3 aromatic rings. The zero-order valence-electron chi connectivity index (χ0n) is 10.2. The van der Waals surface area contributed by atoms with Crippen LogP contribution in [-0.2, 0) is 0 Å². The van der Waals surface area contributed by atoms with Crippen LogP contribution < -0.4 is 5.73 Å². The van der Waals surface area contributed by atoms with Crippen molar-refractivity contribution < 1.29 is 8.91 Å². The molecule has 0 atom stereocenters. The van der Waals surface area contributed by atoms with E-state index in [0.29, 0.717) is 27.4 Å². The summed E-state index contributed by atoms with van der Waals surface area (Å²) in [5.74, 6) is 0.453. The minimum atomic E-state index is -0.337. The summed E-state index contributed by atoms with van der Waals surface area (Å²) >= 11 is 3.13. The van der Waals surface area contributed by atoms with Crippen LogP contribution >= 0.6 is 15.9 Å². The summed E-state index contributed by atoms with van der Waals surface area (Å²) in [4.78, 5) is 4.29. The van der Waals surface area contributed by atoms with Gasteiger partial charge < -0.3 is 10.3 Å². The molecule has 0 amide bonds. The Morgan fingerprint density at radius 2 is 1.75 bits per heavy atom. The molecule has 100 valence electrons. The second-order valence-electron chi connectivity index (χ2n) is 4.17. The zero-order chi connectivity index (χ0) is 14.1. The van der Waals surface area contributed by atoms with Gasteiger partial charge in [0, 0.05) is 16.8 Å². The maximum absolute atomic E-state index is 13.2. The van der Waals surface area contributed by atoms with Gasteiger partial charge in [-0.15, -0.1) is 0 Å². The first kappa shape index (κ1) is 12.8. The molecule has 3 rings (SSSR count). The molecule has 0 aliphatic heterocycles. The molecule has 0 aliphatic carbocycles. The summed E-state index contributed by atoms with van der Waals surface area (Å²) in [7, 11) is 0. The van der Waals surface area contributed by atoms with E-state index in [2.05, 4.69) is 26.1 Å². The summed E-state index contributed by atoms with van der Waals surface area (Å²) in [6.07, 6.45) is 0. The van der Waals surface area contributed by atoms with Crippen molar-refractivity contribution in [3.05, 3.63) is 52.8 Å². The molecule has 0 saturated carbocycles. The lowest BCUT2D eigenvalue weighted by Crippen LogP contribution is -1.85. The predicted octanol–water partition coefficient (Wildman–Crippen LogP) is 3.89. The van der Waals surface area contributed by atoms with E-state index in [1.54, 1.807) is 36.4 Å². The Balaban J connectivity index is 1.97. The summed E-state index contributed by atoms with van der Waals surface area (Å²) in [6, 6.07) is 11.7. The highest BCUT2D eigenvalue weighted by Crippen LogP contribution is 2.26. The summed E-state index contributed by atoms with van der Waals surface area (Å²) in [5.41, 5.74) is 7.73. The maximum atomic E-state index is 13.2. The highest BCUT2D eigenvalue weighted by molar-refractivity contribution is 9.10. The Morgan fingerprint density at radius 3 is 2.45 bits per heavy atom. The Morgan fingerprint density at radius 1 is 1.05 bits per heavy atom. The van der Waals surface area contributed by atoms with E-state index in [9.17, 15) is 4.39 Å². The van der Waals surface area contributed by atoms with Crippen molar-refractivity contribution in [2.75, 3.05) is 5.73 Å². The standard InChI is InChI=1S/C14H9BrFN3O/c15-11-7-9(3-6-12(11)16)13-18-14(20-19-13)8-1-4-10(17)5-2-8/h1-7H,17H2. The monoisotopic (exact) mass is 333 g/mol. The molecule has 2 N–H and O–H groups in total. The van der Waals surface area contributed by atoms with Crippen LogP contribution in [0.4, 0.5) is 10.1 Å². The predicted molar refractivity (Wildman–Crippen MR) is 77.2 cm³/mol. The fraction of sp³-hybridized carbons (Fsp3) is 0. The number of anilines is 1. The van der Waals surface area contributed by atoms with Crippen LogP contribution in [0, 0.1) is 5.82 Å². The van der Waals surface area contributed by atoms with E-state index >= 15 is 0 Å². The van der Waals surface area contributed by atoms with Crippen LogP contribution in [0.15, 0.2) is 51.5 Å². The zero-order valence-corrected chi connectivity index (χ0v) is 11.8. The number of nitrogens with zero attached hydrogens (tertiary/aromatic N) is 2. The van der Waals surface area contributed by atoms with E-state index in [-0.39, 0.29) is 5.82 Å². The Kier molecular flexibility index (Phi) is 3.23. The van der Waals surface area contributed by atoms with Crippen molar-refractivity contribution >= 4 is 21.6 Å². The molecule has 6 heteroatoms. The van der Waals surface area contributed by atoms with Gasteiger partial charge in [-0.05, 0) is 58.4 Å². The largest absolute Gasteiger partial charge is 0.399 e. The molecule has 2 aromatic carbocycles. The van der Waals surface area contributed by atoms with Gasteiger partial charge in [-0.25, -0.2) is 4.39 Å². The van der Waals surface area contributed by atoms with Gasteiger partial charge in [0.05, 0.1) is 4.47 Å². The molecule has 0 radical (unpaired) electrons. The third kappa shape index (κ3) is 2.42. The van der Waals surface area contributed by atoms with Gasteiger partial charge in [-0.2, -0.15) is 4.98 Å². The number of halogens is 2. The summed E-state index contributed by atoms with van der Waals surface area (Å²) < 4.78 is 18.8. The molecule has 0 bridgehead atoms. The lowest BCUT2D eigenvalue weighted by Gasteiger charge is -1.97. The molecule has 1 aromatic heterocycles. The van der Waals surface area contributed by atoms with Crippen molar-refractivity contribution in [2.24, 2.45) is 0 Å².